The smallest absolute Gasteiger partial charge is 0.197 e. The van der Waals surface area contributed by atoms with E-state index in [1.165, 1.54) is 13.1 Å². The van der Waals surface area contributed by atoms with Crippen LogP contribution >= 0.6 is 7.37 Å². The zero-order chi connectivity index (χ0) is 21.5. The minimum absolute atomic E-state index is 0.0830. The number of unbranched alkanes of at least 4 members (excludes halogenated alkanes) is 3. The second kappa shape index (κ2) is 11.2. The largest absolute Gasteiger partial charge is 0.392 e. The van der Waals surface area contributed by atoms with Crippen LogP contribution < -0.4 is 0 Å². The molecule has 2 fully saturated rings. The van der Waals surface area contributed by atoms with Crippen molar-refractivity contribution in [3.63, 3.8) is 0 Å². The van der Waals surface area contributed by atoms with Crippen molar-refractivity contribution in [1.82, 2.24) is 0 Å². The van der Waals surface area contributed by atoms with Crippen LogP contribution in [0.3, 0.4) is 0 Å². The molecule has 0 bridgehead atoms. The van der Waals surface area contributed by atoms with Gasteiger partial charge >= 0.3 is 0 Å². The highest BCUT2D eigenvalue weighted by molar-refractivity contribution is 7.57. The van der Waals surface area contributed by atoms with Gasteiger partial charge in [-0.05, 0) is 43.9 Å². The molecule has 2 aliphatic rings. The van der Waals surface area contributed by atoms with Crippen LogP contribution in [-0.4, -0.2) is 45.9 Å². The van der Waals surface area contributed by atoms with Crippen molar-refractivity contribution < 1.29 is 24.5 Å². The summed E-state index contributed by atoms with van der Waals surface area (Å²) in [5, 5.41) is 21.0. The van der Waals surface area contributed by atoms with Crippen molar-refractivity contribution in [2.45, 2.75) is 96.2 Å². The number of carbonyl (C=O) groups excluding carboxylic acids is 1. The molecule has 0 aromatic heterocycles. The molecule has 2 unspecified atom stereocenters. The zero-order valence-corrected chi connectivity index (χ0v) is 19.2. The molecule has 5 nitrogen and oxygen atoms in total. The third-order valence-corrected chi connectivity index (χ3v) is 8.24. The summed E-state index contributed by atoms with van der Waals surface area (Å²) in [7, 11) is -2.92. The summed E-state index contributed by atoms with van der Waals surface area (Å²) in [5.74, 6) is -0.143. The van der Waals surface area contributed by atoms with E-state index < -0.39 is 13.5 Å². The normalized spacial score (nSPS) is 29.7. The molecular formula is C23H41O5P. The van der Waals surface area contributed by atoms with E-state index >= 15 is 0 Å². The van der Waals surface area contributed by atoms with E-state index in [4.69, 9.17) is 0 Å². The molecule has 0 aliphatic heterocycles. The lowest BCUT2D eigenvalue weighted by Gasteiger charge is -2.45. The summed E-state index contributed by atoms with van der Waals surface area (Å²) in [6, 6.07) is 0. The first-order valence-corrected chi connectivity index (χ1v) is 13.8. The summed E-state index contributed by atoms with van der Waals surface area (Å²) in [5.41, 5.74) is 0.0830. The fourth-order valence-corrected chi connectivity index (χ4v) is 6.02. The number of hydrogen-bond donors (Lipinski definition) is 3. The second-order valence-corrected chi connectivity index (χ2v) is 12.1. The fourth-order valence-electron chi connectivity index (χ4n) is 5.21. The first-order chi connectivity index (χ1) is 13.7. The number of hydrogen-bond acceptors (Lipinski definition) is 4. The summed E-state index contributed by atoms with van der Waals surface area (Å²) >= 11 is 0. The Bertz CT molecular complexity index is 592. The first kappa shape index (κ1) is 24.8. The van der Waals surface area contributed by atoms with Crippen molar-refractivity contribution in [1.29, 1.82) is 0 Å². The molecular weight excluding hydrogens is 387 g/mol. The molecule has 0 heterocycles. The predicted octanol–water partition coefficient (Wildman–Crippen LogP) is 4.68. The Labute approximate surface area is 176 Å². The van der Waals surface area contributed by atoms with E-state index in [1.807, 2.05) is 12.2 Å². The molecule has 29 heavy (non-hydrogen) atoms. The molecule has 0 radical (unpaired) electrons. The Morgan fingerprint density at radius 1 is 1.24 bits per heavy atom. The van der Waals surface area contributed by atoms with Crippen molar-refractivity contribution in [3.05, 3.63) is 12.2 Å². The standard InChI is InChI=1S/C23H41O5P/c1-3-13-23(14-9-15-23)22(26)12-8-11-19-18(20(24)17-21(19)25)10-6-4-5-7-16-29(2,27)28/h8,11,18-19,21-22,25-26H,3-7,9-10,12-17H2,1-2H3,(H,27,28)/t18-,19-,21-,22?/m1/s1. The van der Waals surface area contributed by atoms with Gasteiger partial charge in [-0.2, -0.15) is 0 Å². The van der Waals surface area contributed by atoms with Crippen molar-refractivity contribution >= 4 is 13.2 Å². The number of aliphatic hydroxyl groups excluding tert-OH is 2. The first-order valence-electron chi connectivity index (χ1n) is 11.5. The molecule has 0 spiro atoms. The minimum atomic E-state index is -2.92. The molecule has 5 atom stereocenters. The average molecular weight is 429 g/mol. The monoisotopic (exact) mass is 428 g/mol. The molecule has 0 aromatic carbocycles. The lowest BCUT2D eigenvalue weighted by Crippen LogP contribution is -2.41. The van der Waals surface area contributed by atoms with Gasteiger partial charge < -0.3 is 15.1 Å². The summed E-state index contributed by atoms with van der Waals surface area (Å²) in [6.45, 7) is 3.56. The van der Waals surface area contributed by atoms with Gasteiger partial charge in [0.2, 0.25) is 0 Å². The zero-order valence-electron chi connectivity index (χ0n) is 18.3. The summed E-state index contributed by atoms with van der Waals surface area (Å²) < 4.78 is 11.3. The van der Waals surface area contributed by atoms with E-state index in [9.17, 15) is 24.5 Å². The van der Waals surface area contributed by atoms with Gasteiger partial charge in [-0.25, -0.2) is 0 Å². The highest BCUT2D eigenvalue weighted by atomic mass is 31.2. The van der Waals surface area contributed by atoms with Crippen LogP contribution in [0.2, 0.25) is 0 Å². The second-order valence-electron chi connectivity index (χ2n) is 9.54. The Hall–Kier alpha value is -0.480. The molecule has 3 N–H and O–H groups in total. The molecule has 0 amide bonds. The number of aliphatic hydroxyl groups is 2. The van der Waals surface area contributed by atoms with E-state index in [-0.39, 0.29) is 35.6 Å². The highest BCUT2D eigenvalue weighted by Crippen LogP contribution is 2.48. The van der Waals surface area contributed by atoms with Crippen LogP contribution in [0.25, 0.3) is 0 Å². The predicted molar refractivity (Wildman–Crippen MR) is 117 cm³/mol. The maximum absolute atomic E-state index is 12.3. The SMILES string of the molecule is CCCC1(C(O)CC=C[C@H]2[C@H](O)CC(=O)[C@@H]2CCCCCCP(C)(=O)O)CCC1. The minimum Gasteiger partial charge on any atom is -0.392 e. The number of rotatable bonds is 13. The van der Waals surface area contributed by atoms with Gasteiger partial charge in [-0.3, -0.25) is 9.36 Å². The van der Waals surface area contributed by atoms with Crippen LogP contribution in [0.1, 0.15) is 84.0 Å². The van der Waals surface area contributed by atoms with Crippen molar-refractivity contribution in [3.8, 4) is 0 Å². The molecule has 0 aromatic rings. The van der Waals surface area contributed by atoms with E-state index in [0.29, 0.717) is 12.6 Å². The van der Waals surface area contributed by atoms with E-state index in [0.717, 1.165) is 57.8 Å². The topological polar surface area (TPSA) is 94.8 Å². The van der Waals surface area contributed by atoms with Gasteiger partial charge in [0.15, 0.2) is 7.37 Å². The summed E-state index contributed by atoms with van der Waals surface area (Å²) in [6.07, 6.45) is 14.0. The molecule has 6 heteroatoms. The van der Waals surface area contributed by atoms with Gasteiger partial charge in [0.25, 0.3) is 0 Å². The highest BCUT2D eigenvalue weighted by Gasteiger charge is 2.42. The molecule has 0 saturated heterocycles. The average Bonchev–Trinajstić information content (AvgIpc) is 2.86. The van der Waals surface area contributed by atoms with Gasteiger partial charge in [0, 0.05) is 31.1 Å². The van der Waals surface area contributed by atoms with Crippen LogP contribution in [0.15, 0.2) is 12.2 Å². The van der Waals surface area contributed by atoms with Crippen LogP contribution in [0.4, 0.5) is 0 Å². The molecule has 2 rings (SSSR count). The maximum atomic E-state index is 12.3. The third kappa shape index (κ3) is 7.31. The Morgan fingerprint density at radius 2 is 1.93 bits per heavy atom. The number of carbonyl (C=O) groups is 1. The molecule has 2 saturated carbocycles. The number of ketones is 1. The van der Waals surface area contributed by atoms with Gasteiger partial charge in [-0.1, -0.05) is 51.2 Å². The number of Topliss-reactive ketones (excluding diaryl/α,β-unsaturated/α-hetero) is 1. The Balaban J connectivity index is 1.79. The lowest BCUT2D eigenvalue weighted by molar-refractivity contribution is -0.121. The maximum Gasteiger partial charge on any atom is 0.197 e. The van der Waals surface area contributed by atoms with Crippen LogP contribution in [-0.2, 0) is 9.36 Å². The third-order valence-electron chi connectivity index (χ3n) is 7.09. The van der Waals surface area contributed by atoms with Crippen LogP contribution in [0.5, 0.6) is 0 Å². The molecule has 168 valence electrons. The Kier molecular flexibility index (Phi) is 9.60. The summed E-state index contributed by atoms with van der Waals surface area (Å²) in [4.78, 5) is 21.7. The van der Waals surface area contributed by atoms with E-state index in [1.54, 1.807) is 0 Å². The lowest BCUT2D eigenvalue weighted by atomic mass is 9.62. The van der Waals surface area contributed by atoms with Gasteiger partial charge in [0.05, 0.1) is 12.2 Å². The Morgan fingerprint density at radius 3 is 2.52 bits per heavy atom. The van der Waals surface area contributed by atoms with E-state index in [2.05, 4.69) is 6.92 Å². The quantitative estimate of drug-likeness (QED) is 0.225. The molecule has 2 aliphatic carbocycles. The van der Waals surface area contributed by atoms with Crippen molar-refractivity contribution in [2.75, 3.05) is 12.8 Å². The fraction of sp³-hybridized carbons (Fsp3) is 0.870. The van der Waals surface area contributed by atoms with Gasteiger partial charge in [0.1, 0.15) is 5.78 Å². The van der Waals surface area contributed by atoms with Crippen molar-refractivity contribution in [2.24, 2.45) is 17.3 Å². The van der Waals surface area contributed by atoms with Gasteiger partial charge in [-0.15, -0.1) is 0 Å². The van der Waals surface area contributed by atoms with Crippen LogP contribution in [0, 0.1) is 17.3 Å².